The highest BCUT2D eigenvalue weighted by atomic mass is 35.5. The molecule has 0 aliphatic rings. The molecule has 1 N–H and O–H groups in total. The molecular formula is C15H19ClN2OS. The predicted octanol–water partition coefficient (Wildman–Crippen LogP) is 3.88. The van der Waals surface area contributed by atoms with E-state index in [9.17, 15) is 5.11 Å². The first-order chi connectivity index (χ1) is 9.63. The summed E-state index contributed by atoms with van der Waals surface area (Å²) in [6, 6.07) is 7.84. The second-order valence-electron chi connectivity index (χ2n) is 4.76. The zero-order valence-corrected chi connectivity index (χ0v) is 13.3. The van der Waals surface area contributed by atoms with Gasteiger partial charge in [0.25, 0.3) is 0 Å². The van der Waals surface area contributed by atoms with Crippen LogP contribution in [0.5, 0.6) is 0 Å². The molecule has 0 fully saturated rings. The number of hydrogen-bond donors (Lipinski definition) is 1. The number of thiazole rings is 1. The van der Waals surface area contributed by atoms with E-state index < -0.39 is 0 Å². The molecule has 2 rings (SSSR count). The number of anilines is 1. The van der Waals surface area contributed by atoms with Gasteiger partial charge in [-0.05, 0) is 24.1 Å². The Labute approximate surface area is 128 Å². The van der Waals surface area contributed by atoms with Gasteiger partial charge in [-0.2, -0.15) is 0 Å². The van der Waals surface area contributed by atoms with Gasteiger partial charge in [0.1, 0.15) is 0 Å². The number of benzene rings is 1. The van der Waals surface area contributed by atoms with Crippen LogP contribution >= 0.6 is 22.9 Å². The summed E-state index contributed by atoms with van der Waals surface area (Å²) >= 11 is 7.57. The van der Waals surface area contributed by atoms with Crippen LogP contribution in [-0.4, -0.2) is 17.1 Å². The van der Waals surface area contributed by atoms with E-state index in [4.69, 9.17) is 11.6 Å². The molecule has 0 unspecified atom stereocenters. The number of aliphatic hydroxyl groups excluding tert-OH is 1. The molecule has 2 aromatic rings. The lowest BCUT2D eigenvalue weighted by Gasteiger charge is -2.15. The molecule has 3 nitrogen and oxygen atoms in total. The van der Waals surface area contributed by atoms with Crippen molar-refractivity contribution in [1.82, 2.24) is 4.98 Å². The molecule has 1 aromatic carbocycles. The molecule has 1 aromatic heterocycles. The van der Waals surface area contributed by atoms with Crippen LogP contribution in [-0.2, 0) is 19.6 Å². The van der Waals surface area contributed by atoms with Gasteiger partial charge in [0.05, 0.1) is 17.2 Å². The third-order valence-corrected chi connectivity index (χ3v) is 4.46. The molecule has 5 heteroatoms. The summed E-state index contributed by atoms with van der Waals surface area (Å²) in [4.78, 5) is 7.70. The molecule has 20 heavy (non-hydrogen) atoms. The number of rotatable bonds is 6. The summed E-state index contributed by atoms with van der Waals surface area (Å²) in [7, 11) is 2.01. The Bertz CT molecular complexity index is 571. The van der Waals surface area contributed by atoms with Gasteiger partial charge >= 0.3 is 0 Å². The van der Waals surface area contributed by atoms with E-state index in [-0.39, 0.29) is 6.61 Å². The van der Waals surface area contributed by atoms with E-state index in [1.165, 1.54) is 0 Å². The number of aryl methyl sites for hydroxylation is 1. The largest absolute Gasteiger partial charge is 0.391 e. The van der Waals surface area contributed by atoms with Crippen molar-refractivity contribution in [3.63, 3.8) is 0 Å². The van der Waals surface area contributed by atoms with Gasteiger partial charge in [0.2, 0.25) is 0 Å². The fraction of sp³-hybridized carbons (Fsp3) is 0.400. The SMILES string of the molecule is CCCc1nc(N(C)Cc2cccc(Cl)c2)sc1CO. The number of halogens is 1. The Morgan fingerprint density at radius 1 is 1.40 bits per heavy atom. The van der Waals surface area contributed by atoms with Crippen LogP contribution in [0.3, 0.4) is 0 Å². The molecule has 0 amide bonds. The Balaban J connectivity index is 2.14. The Morgan fingerprint density at radius 3 is 2.85 bits per heavy atom. The minimum Gasteiger partial charge on any atom is -0.391 e. The Kier molecular flexibility index (Phi) is 5.40. The number of aliphatic hydroxyl groups is 1. The van der Waals surface area contributed by atoms with E-state index in [2.05, 4.69) is 22.9 Å². The van der Waals surface area contributed by atoms with E-state index >= 15 is 0 Å². The molecule has 0 bridgehead atoms. The van der Waals surface area contributed by atoms with Gasteiger partial charge in [-0.15, -0.1) is 0 Å². The summed E-state index contributed by atoms with van der Waals surface area (Å²) in [5, 5.41) is 11.1. The van der Waals surface area contributed by atoms with E-state index in [0.717, 1.165) is 45.7 Å². The van der Waals surface area contributed by atoms with Gasteiger partial charge in [0.15, 0.2) is 5.13 Å². The number of hydrogen-bond acceptors (Lipinski definition) is 4. The second-order valence-corrected chi connectivity index (χ2v) is 6.26. The quantitative estimate of drug-likeness (QED) is 0.879. The fourth-order valence-electron chi connectivity index (χ4n) is 2.07. The monoisotopic (exact) mass is 310 g/mol. The number of aromatic nitrogens is 1. The van der Waals surface area contributed by atoms with E-state index in [1.54, 1.807) is 11.3 Å². The zero-order chi connectivity index (χ0) is 14.5. The lowest BCUT2D eigenvalue weighted by Crippen LogP contribution is -2.16. The highest BCUT2D eigenvalue weighted by molar-refractivity contribution is 7.15. The Morgan fingerprint density at radius 2 is 2.20 bits per heavy atom. The summed E-state index contributed by atoms with van der Waals surface area (Å²) in [5.74, 6) is 0. The van der Waals surface area contributed by atoms with Crippen molar-refractivity contribution in [2.75, 3.05) is 11.9 Å². The minimum atomic E-state index is 0.0675. The van der Waals surface area contributed by atoms with Crippen molar-refractivity contribution in [2.45, 2.75) is 32.9 Å². The average molecular weight is 311 g/mol. The van der Waals surface area contributed by atoms with Crippen molar-refractivity contribution < 1.29 is 5.11 Å². The normalized spacial score (nSPS) is 10.8. The van der Waals surface area contributed by atoms with Gasteiger partial charge in [-0.3, -0.25) is 0 Å². The van der Waals surface area contributed by atoms with Gasteiger partial charge < -0.3 is 10.0 Å². The highest BCUT2D eigenvalue weighted by Gasteiger charge is 2.13. The fourth-order valence-corrected chi connectivity index (χ4v) is 3.21. The van der Waals surface area contributed by atoms with Crippen molar-refractivity contribution in [1.29, 1.82) is 0 Å². The maximum Gasteiger partial charge on any atom is 0.185 e. The molecule has 0 atom stereocenters. The molecule has 0 spiro atoms. The zero-order valence-electron chi connectivity index (χ0n) is 11.8. The molecule has 1 heterocycles. The first-order valence-electron chi connectivity index (χ1n) is 6.69. The van der Waals surface area contributed by atoms with Crippen molar-refractivity contribution >= 4 is 28.1 Å². The first-order valence-corrected chi connectivity index (χ1v) is 7.88. The van der Waals surface area contributed by atoms with Crippen LogP contribution in [0.25, 0.3) is 0 Å². The first kappa shape index (κ1) is 15.3. The topological polar surface area (TPSA) is 36.4 Å². The van der Waals surface area contributed by atoms with Crippen LogP contribution in [0.2, 0.25) is 5.02 Å². The lowest BCUT2D eigenvalue weighted by atomic mass is 10.2. The third kappa shape index (κ3) is 3.72. The summed E-state index contributed by atoms with van der Waals surface area (Å²) in [6.45, 7) is 2.94. The van der Waals surface area contributed by atoms with Gasteiger partial charge in [-0.1, -0.05) is 48.4 Å². The van der Waals surface area contributed by atoms with E-state index in [0.29, 0.717) is 0 Å². The van der Waals surface area contributed by atoms with Crippen LogP contribution in [0, 0.1) is 0 Å². The maximum absolute atomic E-state index is 9.40. The average Bonchev–Trinajstić information content (AvgIpc) is 2.82. The molecule has 0 aliphatic carbocycles. The smallest absolute Gasteiger partial charge is 0.185 e. The minimum absolute atomic E-state index is 0.0675. The van der Waals surface area contributed by atoms with Crippen molar-refractivity contribution in [2.24, 2.45) is 0 Å². The predicted molar refractivity (Wildman–Crippen MR) is 85.6 cm³/mol. The lowest BCUT2D eigenvalue weighted by molar-refractivity contribution is 0.284. The maximum atomic E-state index is 9.40. The summed E-state index contributed by atoms with van der Waals surface area (Å²) in [6.07, 6.45) is 1.95. The molecule has 0 aliphatic heterocycles. The number of nitrogens with zero attached hydrogens (tertiary/aromatic N) is 2. The summed E-state index contributed by atoms with van der Waals surface area (Å²) < 4.78 is 0. The summed E-state index contributed by atoms with van der Waals surface area (Å²) in [5.41, 5.74) is 2.17. The molecule has 0 saturated heterocycles. The second kappa shape index (κ2) is 7.07. The van der Waals surface area contributed by atoms with Gasteiger partial charge in [0, 0.05) is 18.6 Å². The Hall–Kier alpha value is -1.10. The van der Waals surface area contributed by atoms with Gasteiger partial charge in [-0.25, -0.2) is 4.98 Å². The van der Waals surface area contributed by atoms with Crippen LogP contribution in [0.1, 0.15) is 29.5 Å². The van der Waals surface area contributed by atoms with Crippen molar-refractivity contribution in [3.8, 4) is 0 Å². The molecule has 0 radical (unpaired) electrons. The third-order valence-electron chi connectivity index (χ3n) is 3.03. The molecule has 0 saturated carbocycles. The highest BCUT2D eigenvalue weighted by Crippen LogP contribution is 2.27. The molecule has 108 valence electrons. The standard InChI is InChI=1S/C15H19ClN2OS/c1-3-5-13-14(10-19)20-15(17-13)18(2)9-11-6-4-7-12(16)8-11/h4,6-8,19H,3,5,9-10H2,1-2H3. The van der Waals surface area contributed by atoms with Crippen LogP contribution in [0.15, 0.2) is 24.3 Å². The van der Waals surface area contributed by atoms with E-state index in [1.807, 2.05) is 25.2 Å². The van der Waals surface area contributed by atoms with Crippen LogP contribution in [0.4, 0.5) is 5.13 Å². The molecular weight excluding hydrogens is 292 g/mol. The van der Waals surface area contributed by atoms with Crippen molar-refractivity contribution in [3.05, 3.63) is 45.4 Å². The van der Waals surface area contributed by atoms with Crippen LogP contribution < -0.4 is 4.90 Å².